The van der Waals surface area contributed by atoms with Crippen molar-refractivity contribution in [3.8, 4) is 0 Å². The van der Waals surface area contributed by atoms with Gasteiger partial charge in [-0.1, -0.05) is 30.3 Å². The molecule has 0 radical (unpaired) electrons. The molecule has 1 heterocycles. The number of alkyl halides is 3. The van der Waals surface area contributed by atoms with E-state index in [1.807, 2.05) is 0 Å². The van der Waals surface area contributed by atoms with Crippen molar-refractivity contribution in [1.82, 2.24) is 9.55 Å². The van der Waals surface area contributed by atoms with Crippen LogP contribution < -0.4 is 10.9 Å². The second-order valence-electron chi connectivity index (χ2n) is 5.25. The van der Waals surface area contributed by atoms with Crippen molar-refractivity contribution in [1.29, 1.82) is 0 Å². The summed E-state index contributed by atoms with van der Waals surface area (Å²) in [5, 5.41) is 2.54. The predicted octanol–water partition coefficient (Wildman–Crippen LogP) is 3.05. The highest BCUT2D eigenvalue weighted by atomic mass is 19.4. The maximum atomic E-state index is 13.1. The number of benzene rings is 2. The Bertz CT molecular complexity index is 982. The summed E-state index contributed by atoms with van der Waals surface area (Å²) in [4.78, 5) is 27.8. The molecule has 0 spiro atoms. The fraction of sp³-hybridized carbons (Fsp3) is 0.118. The first-order valence-electron chi connectivity index (χ1n) is 7.28. The van der Waals surface area contributed by atoms with E-state index in [2.05, 4.69) is 10.3 Å². The molecule has 1 aromatic heterocycles. The molecule has 8 heteroatoms. The standard InChI is InChI=1S/C17H12F3N3O2/c18-17(19,20)15-16(25)23(13-9-5-4-8-12(13)22-15)10-14(24)21-11-6-2-1-3-7-11/h1-9H,10H2,(H,21,24). The molecule has 1 amide bonds. The second kappa shape index (κ2) is 6.39. The number of amides is 1. The summed E-state index contributed by atoms with van der Waals surface area (Å²) in [6.07, 6.45) is -4.90. The van der Waals surface area contributed by atoms with Gasteiger partial charge in [-0.2, -0.15) is 13.2 Å². The van der Waals surface area contributed by atoms with E-state index in [0.717, 1.165) is 4.57 Å². The summed E-state index contributed by atoms with van der Waals surface area (Å²) in [6.45, 7) is -0.556. The molecule has 0 aliphatic rings. The number of para-hydroxylation sites is 3. The minimum Gasteiger partial charge on any atom is -0.325 e. The van der Waals surface area contributed by atoms with Crippen LogP contribution in [0.15, 0.2) is 59.4 Å². The SMILES string of the molecule is O=C(Cn1c(=O)c(C(F)(F)F)nc2ccccc21)Nc1ccccc1. The van der Waals surface area contributed by atoms with Crippen molar-refractivity contribution in [3.05, 3.63) is 70.6 Å². The lowest BCUT2D eigenvalue weighted by atomic mass is 10.2. The van der Waals surface area contributed by atoms with Gasteiger partial charge in [-0.15, -0.1) is 0 Å². The number of hydrogen-bond acceptors (Lipinski definition) is 3. The number of aromatic nitrogens is 2. The Morgan fingerprint density at radius 3 is 2.36 bits per heavy atom. The van der Waals surface area contributed by atoms with Crippen molar-refractivity contribution < 1.29 is 18.0 Å². The third kappa shape index (κ3) is 3.52. The van der Waals surface area contributed by atoms with Gasteiger partial charge < -0.3 is 5.32 Å². The van der Waals surface area contributed by atoms with Crippen LogP contribution in [-0.2, 0) is 17.5 Å². The summed E-state index contributed by atoms with van der Waals surface area (Å²) < 4.78 is 40.0. The second-order valence-corrected chi connectivity index (χ2v) is 5.25. The number of nitrogens with one attached hydrogen (secondary N) is 1. The molecular weight excluding hydrogens is 335 g/mol. The number of rotatable bonds is 3. The predicted molar refractivity (Wildman–Crippen MR) is 86.1 cm³/mol. The first kappa shape index (κ1) is 16.7. The lowest BCUT2D eigenvalue weighted by molar-refractivity contribution is -0.142. The van der Waals surface area contributed by atoms with Crippen LogP contribution in [0.25, 0.3) is 11.0 Å². The molecule has 0 saturated heterocycles. The Kier molecular flexibility index (Phi) is 4.26. The van der Waals surface area contributed by atoms with E-state index in [-0.39, 0.29) is 11.0 Å². The minimum absolute atomic E-state index is 0.0121. The van der Waals surface area contributed by atoms with Gasteiger partial charge in [-0.25, -0.2) is 4.98 Å². The number of hydrogen-bond donors (Lipinski definition) is 1. The van der Waals surface area contributed by atoms with Gasteiger partial charge in [-0.3, -0.25) is 14.2 Å². The van der Waals surface area contributed by atoms with Crippen molar-refractivity contribution in [2.24, 2.45) is 0 Å². The fourth-order valence-electron chi connectivity index (χ4n) is 2.40. The summed E-state index contributed by atoms with van der Waals surface area (Å²) in [5.74, 6) is -0.613. The smallest absolute Gasteiger partial charge is 0.325 e. The average molecular weight is 347 g/mol. The highest BCUT2D eigenvalue weighted by Crippen LogP contribution is 2.26. The molecule has 2 aromatic carbocycles. The van der Waals surface area contributed by atoms with Crippen LogP contribution in [-0.4, -0.2) is 15.5 Å². The first-order chi connectivity index (χ1) is 11.9. The highest BCUT2D eigenvalue weighted by molar-refractivity contribution is 5.91. The molecule has 0 unspecified atom stereocenters. The Balaban J connectivity index is 2.04. The van der Waals surface area contributed by atoms with E-state index in [1.54, 1.807) is 36.4 Å². The zero-order chi connectivity index (χ0) is 18.0. The molecule has 25 heavy (non-hydrogen) atoms. The van der Waals surface area contributed by atoms with E-state index < -0.39 is 29.9 Å². The van der Waals surface area contributed by atoms with E-state index in [0.29, 0.717) is 5.69 Å². The summed E-state index contributed by atoms with van der Waals surface area (Å²) in [7, 11) is 0. The molecule has 0 aliphatic heterocycles. The van der Waals surface area contributed by atoms with Gasteiger partial charge in [-0.05, 0) is 24.3 Å². The van der Waals surface area contributed by atoms with E-state index in [4.69, 9.17) is 0 Å². The number of anilines is 1. The average Bonchev–Trinajstić information content (AvgIpc) is 2.57. The van der Waals surface area contributed by atoms with Gasteiger partial charge in [0, 0.05) is 5.69 Å². The number of halogens is 3. The molecule has 3 aromatic rings. The van der Waals surface area contributed by atoms with Gasteiger partial charge >= 0.3 is 6.18 Å². The quantitative estimate of drug-likeness (QED) is 0.792. The van der Waals surface area contributed by atoms with Crippen LogP contribution in [0.2, 0.25) is 0 Å². The molecule has 1 N–H and O–H groups in total. The van der Waals surface area contributed by atoms with Crippen molar-refractivity contribution in [2.75, 3.05) is 5.32 Å². The minimum atomic E-state index is -4.90. The molecule has 128 valence electrons. The lowest BCUT2D eigenvalue weighted by Crippen LogP contribution is -2.34. The fourth-order valence-corrected chi connectivity index (χ4v) is 2.40. The number of nitrogens with zero attached hydrogens (tertiary/aromatic N) is 2. The summed E-state index contributed by atoms with van der Waals surface area (Å²) in [5.41, 5.74) is -2.27. The zero-order valence-electron chi connectivity index (χ0n) is 12.7. The van der Waals surface area contributed by atoms with Gasteiger partial charge in [0.2, 0.25) is 11.6 Å². The van der Waals surface area contributed by atoms with Crippen LogP contribution in [0.4, 0.5) is 18.9 Å². The summed E-state index contributed by atoms with van der Waals surface area (Å²) >= 11 is 0. The van der Waals surface area contributed by atoms with Gasteiger partial charge in [0.1, 0.15) is 6.54 Å². The van der Waals surface area contributed by atoms with Crippen LogP contribution >= 0.6 is 0 Å². The van der Waals surface area contributed by atoms with Gasteiger partial charge in [0.25, 0.3) is 5.56 Å². The highest BCUT2D eigenvalue weighted by Gasteiger charge is 2.37. The number of carbonyl (C=O) groups is 1. The van der Waals surface area contributed by atoms with Crippen molar-refractivity contribution in [2.45, 2.75) is 12.7 Å². The third-order valence-corrected chi connectivity index (χ3v) is 3.48. The van der Waals surface area contributed by atoms with E-state index in [1.165, 1.54) is 18.2 Å². The normalized spacial score (nSPS) is 11.5. The molecule has 3 rings (SSSR count). The van der Waals surface area contributed by atoms with Gasteiger partial charge in [0.15, 0.2) is 0 Å². The topological polar surface area (TPSA) is 64.0 Å². The molecule has 0 fully saturated rings. The van der Waals surface area contributed by atoms with E-state index >= 15 is 0 Å². The van der Waals surface area contributed by atoms with Crippen molar-refractivity contribution in [3.63, 3.8) is 0 Å². The largest absolute Gasteiger partial charge is 0.438 e. The third-order valence-electron chi connectivity index (χ3n) is 3.48. The number of fused-ring (bicyclic) bond motifs is 1. The maximum absolute atomic E-state index is 13.1. The Labute approximate surface area is 139 Å². The summed E-state index contributed by atoms with van der Waals surface area (Å²) in [6, 6.07) is 14.3. The zero-order valence-corrected chi connectivity index (χ0v) is 12.7. The van der Waals surface area contributed by atoms with E-state index in [9.17, 15) is 22.8 Å². The monoisotopic (exact) mass is 347 g/mol. The lowest BCUT2D eigenvalue weighted by Gasteiger charge is -2.13. The van der Waals surface area contributed by atoms with Crippen LogP contribution in [0.3, 0.4) is 0 Å². The molecule has 0 atom stereocenters. The Morgan fingerprint density at radius 2 is 1.68 bits per heavy atom. The Morgan fingerprint density at radius 1 is 1.04 bits per heavy atom. The molecule has 0 saturated carbocycles. The molecular formula is C17H12F3N3O2. The molecule has 0 aliphatic carbocycles. The molecule has 0 bridgehead atoms. The Hall–Kier alpha value is -3.16. The van der Waals surface area contributed by atoms with Crippen LogP contribution in [0, 0.1) is 0 Å². The van der Waals surface area contributed by atoms with Crippen LogP contribution in [0.5, 0.6) is 0 Å². The number of carbonyl (C=O) groups excluding carboxylic acids is 1. The first-order valence-corrected chi connectivity index (χ1v) is 7.28. The van der Waals surface area contributed by atoms with Crippen LogP contribution in [0.1, 0.15) is 5.69 Å². The van der Waals surface area contributed by atoms with Crippen molar-refractivity contribution >= 4 is 22.6 Å². The molecule has 5 nitrogen and oxygen atoms in total. The van der Waals surface area contributed by atoms with Gasteiger partial charge in [0.05, 0.1) is 11.0 Å². The maximum Gasteiger partial charge on any atom is 0.438 e.